The van der Waals surface area contributed by atoms with Gasteiger partial charge in [-0.05, 0) is 36.2 Å². The predicted octanol–water partition coefficient (Wildman–Crippen LogP) is 3.32. The highest BCUT2D eigenvalue weighted by molar-refractivity contribution is 5.85. The van der Waals surface area contributed by atoms with Crippen LogP contribution in [-0.4, -0.2) is 26.0 Å². The Morgan fingerprint density at radius 2 is 1.73 bits per heavy atom. The molecular formula is C20H27Cl2N3O. The van der Waals surface area contributed by atoms with Gasteiger partial charge in [-0.1, -0.05) is 42.5 Å². The van der Waals surface area contributed by atoms with Gasteiger partial charge in [0.25, 0.3) is 0 Å². The summed E-state index contributed by atoms with van der Waals surface area (Å²) in [4.78, 5) is 14.1. The van der Waals surface area contributed by atoms with Crippen molar-refractivity contribution in [1.82, 2.24) is 10.6 Å². The molecule has 0 saturated heterocycles. The zero-order valence-electron chi connectivity index (χ0n) is 15.0. The van der Waals surface area contributed by atoms with Crippen LogP contribution >= 0.6 is 24.8 Å². The number of nitrogens with zero attached hydrogens (tertiary/aromatic N) is 1. The Labute approximate surface area is 168 Å². The molecule has 1 aliphatic heterocycles. The van der Waals surface area contributed by atoms with Gasteiger partial charge in [0.15, 0.2) is 0 Å². The molecule has 0 radical (unpaired) electrons. The van der Waals surface area contributed by atoms with Gasteiger partial charge in [0.1, 0.15) is 0 Å². The Balaban J connectivity index is 0.00000169. The maximum Gasteiger partial charge on any atom is 0.221 e. The van der Waals surface area contributed by atoms with Crippen LogP contribution in [0.5, 0.6) is 0 Å². The Morgan fingerprint density at radius 3 is 2.46 bits per heavy atom. The van der Waals surface area contributed by atoms with E-state index in [1.807, 2.05) is 7.05 Å². The summed E-state index contributed by atoms with van der Waals surface area (Å²) in [6.45, 7) is 3.33. The highest BCUT2D eigenvalue weighted by Crippen LogP contribution is 2.28. The van der Waals surface area contributed by atoms with E-state index in [2.05, 4.69) is 64.1 Å². The molecule has 142 valence electrons. The van der Waals surface area contributed by atoms with Crippen molar-refractivity contribution in [3.8, 4) is 0 Å². The summed E-state index contributed by atoms with van der Waals surface area (Å²) < 4.78 is 0. The van der Waals surface area contributed by atoms with Crippen LogP contribution < -0.4 is 15.5 Å². The van der Waals surface area contributed by atoms with Crippen LogP contribution in [0.3, 0.4) is 0 Å². The standard InChI is InChI=1S/C20H25N3O.2ClH/c1-21-12-10-20(24)22-14-16-6-8-17(9-7-16)15-23-13-11-18-4-2-3-5-19(18)23;;/h2-9,21H,10-15H2,1H3,(H,22,24);2*1H. The molecule has 0 saturated carbocycles. The maximum atomic E-state index is 11.6. The number of carbonyl (C=O) groups excluding carboxylic acids is 1. The van der Waals surface area contributed by atoms with Crippen molar-refractivity contribution >= 4 is 36.4 Å². The van der Waals surface area contributed by atoms with Crippen LogP contribution in [0.1, 0.15) is 23.1 Å². The monoisotopic (exact) mass is 395 g/mol. The van der Waals surface area contributed by atoms with Crippen molar-refractivity contribution in [3.63, 3.8) is 0 Å². The number of para-hydroxylation sites is 1. The molecular weight excluding hydrogens is 369 g/mol. The van der Waals surface area contributed by atoms with Crippen molar-refractivity contribution in [2.24, 2.45) is 0 Å². The van der Waals surface area contributed by atoms with Crippen LogP contribution in [0.15, 0.2) is 48.5 Å². The molecule has 4 nitrogen and oxygen atoms in total. The third-order valence-corrected chi connectivity index (χ3v) is 4.47. The first-order valence-corrected chi connectivity index (χ1v) is 8.58. The predicted molar refractivity (Wildman–Crippen MR) is 113 cm³/mol. The summed E-state index contributed by atoms with van der Waals surface area (Å²) in [6, 6.07) is 17.2. The van der Waals surface area contributed by atoms with Crippen LogP contribution in [0.25, 0.3) is 0 Å². The van der Waals surface area contributed by atoms with Gasteiger partial charge < -0.3 is 15.5 Å². The van der Waals surface area contributed by atoms with Crippen LogP contribution in [-0.2, 0) is 24.3 Å². The summed E-state index contributed by atoms with van der Waals surface area (Å²) >= 11 is 0. The second kappa shape index (κ2) is 11.1. The van der Waals surface area contributed by atoms with E-state index >= 15 is 0 Å². The summed E-state index contributed by atoms with van der Waals surface area (Å²) in [5, 5.41) is 5.93. The minimum atomic E-state index is 0. The van der Waals surface area contributed by atoms with E-state index < -0.39 is 0 Å². The number of rotatable bonds is 7. The second-order valence-electron chi connectivity index (χ2n) is 6.25. The molecule has 26 heavy (non-hydrogen) atoms. The fraction of sp³-hybridized carbons (Fsp3) is 0.350. The summed E-state index contributed by atoms with van der Waals surface area (Å²) in [7, 11) is 1.85. The van der Waals surface area contributed by atoms with Gasteiger partial charge >= 0.3 is 0 Å². The number of hydrogen-bond acceptors (Lipinski definition) is 3. The fourth-order valence-corrected chi connectivity index (χ4v) is 3.08. The van der Waals surface area contributed by atoms with E-state index in [1.54, 1.807) is 0 Å². The number of hydrogen-bond donors (Lipinski definition) is 2. The van der Waals surface area contributed by atoms with Crippen LogP contribution in [0.2, 0.25) is 0 Å². The number of fused-ring (bicyclic) bond motifs is 1. The average molecular weight is 396 g/mol. The molecule has 0 fully saturated rings. The number of anilines is 1. The quantitative estimate of drug-likeness (QED) is 0.755. The van der Waals surface area contributed by atoms with Gasteiger partial charge in [0, 0.05) is 38.3 Å². The molecule has 0 atom stereocenters. The van der Waals surface area contributed by atoms with Crippen LogP contribution in [0, 0.1) is 0 Å². The lowest BCUT2D eigenvalue weighted by Crippen LogP contribution is -2.26. The first-order chi connectivity index (χ1) is 11.8. The molecule has 0 aliphatic carbocycles. The Morgan fingerprint density at radius 1 is 1.04 bits per heavy atom. The SMILES string of the molecule is CNCCC(=O)NCc1ccc(CN2CCc3ccccc32)cc1.Cl.Cl. The molecule has 1 heterocycles. The number of amides is 1. The lowest BCUT2D eigenvalue weighted by molar-refractivity contribution is -0.121. The van der Waals surface area contributed by atoms with Crippen LogP contribution in [0.4, 0.5) is 5.69 Å². The molecule has 3 rings (SSSR count). The maximum absolute atomic E-state index is 11.6. The van der Waals surface area contributed by atoms with E-state index in [0.29, 0.717) is 19.5 Å². The van der Waals surface area contributed by atoms with E-state index in [9.17, 15) is 4.79 Å². The van der Waals surface area contributed by atoms with Gasteiger partial charge in [0.05, 0.1) is 0 Å². The first-order valence-electron chi connectivity index (χ1n) is 8.58. The molecule has 0 bridgehead atoms. The summed E-state index contributed by atoms with van der Waals surface area (Å²) in [6.07, 6.45) is 1.65. The minimum absolute atomic E-state index is 0. The molecule has 0 aromatic heterocycles. The second-order valence-corrected chi connectivity index (χ2v) is 6.25. The molecule has 2 aromatic carbocycles. The number of halogens is 2. The lowest BCUT2D eigenvalue weighted by Gasteiger charge is -2.19. The molecule has 1 amide bonds. The number of carbonyl (C=O) groups is 1. The summed E-state index contributed by atoms with van der Waals surface area (Å²) in [5.41, 5.74) is 5.24. The average Bonchev–Trinajstić information content (AvgIpc) is 3.02. The normalized spacial score (nSPS) is 12.0. The Hall–Kier alpha value is -1.75. The largest absolute Gasteiger partial charge is 0.367 e. The van der Waals surface area contributed by atoms with Gasteiger partial charge in [-0.15, -0.1) is 24.8 Å². The third kappa shape index (κ3) is 5.90. The minimum Gasteiger partial charge on any atom is -0.367 e. The molecule has 1 aliphatic rings. The van der Waals surface area contributed by atoms with Crippen molar-refractivity contribution in [2.75, 3.05) is 25.0 Å². The summed E-state index contributed by atoms with van der Waals surface area (Å²) in [5.74, 6) is 0.0853. The lowest BCUT2D eigenvalue weighted by atomic mass is 10.1. The zero-order valence-corrected chi connectivity index (χ0v) is 16.7. The van der Waals surface area contributed by atoms with Crippen molar-refractivity contribution in [3.05, 3.63) is 65.2 Å². The highest BCUT2D eigenvalue weighted by atomic mass is 35.5. The van der Waals surface area contributed by atoms with Gasteiger partial charge in [-0.3, -0.25) is 4.79 Å². The van der Waals surface area contributed by atoms with Crippen molar-refractivity contribution in [2.45, 2.75) is 25.9 Å². The van der Waals surface area contributed by atoms with E-state index in [-0.39, 0.29) is 30.7 Å². The smallest absolute Gasteiger partial charge is 0.221 e. The fourth-order valence-electron chi connectivity index (χ4n) is 3.08. The molecule has 2 N–H and O–H groups in total. The molecule has 6 heteroatoms. The zero-order chi connectivity index (χ0) is 16.8. The van der Waals surface area contributed by atoms with Crippen molar-refractivity contribution in [1.29, 1.82) is 0 Å². The van der Waals surface area contributed by atoms with Gasteiger partial charge in [0.2, 0.25) is 5.91 Å². The van der Waals surface area contributed by atoms with E-state index in [1.165, 1.54) is 16.8 Å². The third-order valence-electron chi connectivity index (χ3n) is 4.47. The van der Waals surface area contributed by atoms with E-state index in [0.717, 1.165) is 25.1 Å². The molecule has 2 aromatic rings. The number of benzene rings is 2. The van der Waals surface area contributed by atoms with Crippen molar-refractivity contribution < 1.29 is 4.79 Å². The first kappa shape index (κ1) is 22.3. The van der Waals surface area contributed by atoms with E-state index in [4.69, 9.17) is 0 Å². The van der Waals surface area contributed by atoms with Gasteiger partial charge in [-0.25, -0.2) is 0 Å². The molecule has 0 spiro atoms. The Kier molecular flexibility index (Phi) is 9.49. The van der Waals surface area contributed by atoms with Gasteiger partial charge in [-0.2, -0.15) is 0 Å². The highest BCUT2D eigenvalue weighted by Gasteiger charge is 2.17. The topological polar surface area (TPSA) is 44.4 Å². The molecule has 0 unspecified atom stereocenters. The number of nitrogens with one attached hydrogen (secondary N) is 2. The Bertz CT molecular complexity index is 692.